The summed E-state index contributed by atoms with van der Waals surface area (Å²) in [7, 11) is 1.62. The molecule has 102 valence electrons. The third-order valence-corrected chi connectivity index (χ3v) is 3.87. The highest BCUT2D eigenvalue weighted by Gasteiger charge is 2.11. The summed E-state index contributed by atoms with van der Waals surface area (Å²) in [5.41, 5.74) is 7.90. The number of hydrogen-bond acceptors (Lipinski definition) is 6. The molecule has 0 aliphatic carbocycles. The van der Waals surface area contributed by atoms with Crippen LogP contribution in [0.3, 0.4) is 0 Å². The van der Waals surface area contributed by atoms with Crippen molar-refractivity contribution in [3.8, 4) is 5.75 Å². The fraction of sp³-hybridized carbons (Fsp3) is 0.0833. The first-order valence-corrected chi connectivity index (χ1v) is 6.84. The predicted molar refractivity (Wildman–Crippen MR) is 78.2 cm³/mol. The van der Waals surface area contributed by atoms with Gasteiger partial charge in [0.25, 0.3) is 0 Å². The van der Waals surface area contributed by atoms with Gasteiger partial charge in [-0.05, 0) is 23.9 Å². The van der Waals surface area contributed by atoms with Crippen molar-refractivity contribution in [1.82, 2.24) is 19.9 Å². The molecule has 3 aromatic rings. The maximum atomic E-state index is 5.86. The number of H-pyrrole nitrogens is 1. The number of ether oxygens (including phenoxy) is 1. The Morgan fingerprint density at radius 2 is 2.20 bits per heavy atom. The van der Waals surface area contributed by atoms with Crippen LogP contribution in [0.4, 0.5) is 5.69 Å². The Kier molecular flexibility index (Phi) is 3.37. The van der Waals surface area contributed by atoms with E-state index < -0.39 is 0 Å². The number of anilines is 1. The first kappa shape index (κ1) is 13.0. The fourth-order valence-corrected chi connectivity index (χ4v) is 2.66. The number of nitrogens with zero attached hydrogens (tertiary/aromatic N) is 3. The molecule has 0 unspecified atom stereocenters. The highest BCUT2D eigenvalue weighted by molar-refractivity contribution is 7.99. The van der Waals surface area contributed by atoms with Crippen LogP contribution in [0.5, 0.6) is 5.75 Å². The number of fused-ring (bicyclic) bond motifs is 1. The Bertz CT molecular complexity index is 776. The summed E-state index contributed by atoms with van der Waals surface area (Å²) in [5, 5.41) is 1.48. The van der Waals surface area contributed by atoms with Crippen LogP contribution in [0, 0.1) is 0 Å². The Morgan fingerprint density at radius 1 is 1.35 bits per heavy atom. The molecule has 2 aromatic heterocycles. The number of benzene rings is 1. The Morgan fingerprint density at radius 3 is 3.00 bits per heavy atom. The lowest BCUT2D eigenvalue weighted by molar-refractivity contribution is 0.415. The highest BCUT2D eigenvalue weighted by atomic mass is 35.5. The molecule has 3 N–H and O–H groups in total. The standard InChI is InChI=1S/C12H10ClN5OS/c1-19-6-2-3-7-8(4-6)18-12(17-7)20-11-9(14)10(13)15-5-16-11/h2-5H,14H2,1H3,(H,17,18). The molecule has 1 aromatic carbocycles. The maximum Gasteiger partial charge on any atom is 0.172 e. The van der Waals surface area contributed by atoms with Gasteiger partial charge < -0.3 is 15.5 Å². The van der Waals surface area contributed by atoms with Gasteiger partial charge in [0.15, 0.2) is 10.3 Å². The molecule has 8 heteroatoms. The molecule has 2 heterocycles. The first-order valence-electron chi connectivity index (χ1n) is 5.65. The molecular weight excluding hydrogens is 298 g/mol. The zero-order valence-electron chi connectivity index (χ0n) is 10.4. The Balaban J connectivity index is 1.96. The minimum Gasteiger partial charge on any atom is -0.497 e. The zero-order chi connectivity index (χ0) is 14.1. The van der Waals surface area contributed by atoms with Gasteiger partial charge in [0.2, 0.25) is 0 Å². The molecule has 0 saturated carbocycles. The van der Waals surface area contributed by atoms with E-state index in [0.717, 1.165) is 16.8 Å². The largest absolute Gasteiger partial charge is 0.497 e. The van der Waals surface area contributed by atoms with E-state index in [4.69, 9.17) is 22.1 Å². The molecule has 0 spiro atoms. The van der Waals surface area contributed by atoms with Gasteiger partial charge in [-0.25, -0.2) is 15.0 Å². The minimum atomic E-state index is 0.236. The van der Waals surface area contributed by atoms with Gasteiger partial charge in [0.1, 0.15) is 22.8 Å². The van der Waals surface area contributed by atoms with Crippen molar-refractivity contribution in [1.29, 1.82) is 0 Å². The molecule has 0 radical (unpaired) electrons. The number of nitrogens with one attached hydrogen (secondary N) is 1. The topological polar surface area (TPSA) is 89.7 Å². The summed E-state index contributed by atoms with van der Waals surface area (Å²) in [6, 6.07) is 5.61. The molecule has 3 rings (SSSR count). The summed E-state index contributed by atoms with van der Waals surface area (Å²) in [6.45, 7) is 0. The van der Waals surface area contributed by atoms with Gasteiger partial charge in [0.05, 0.1) is 18.1 Å². The number of halogens is 1. The average molecular weight is 308 g/mol. The number of nitrogen functional groups attached to an aromatic ring is 1. The van der Waals surface area contributed by atoms with E-state index in [1.165, 1.54) is 18.1 Å². The Labute approximate surface area is 123 Å². The van der Waals surface area contributed by atoms with Gasteiger partial charge in [0, 0.05) is 6.07 Å². The van der Waals surface area contributed by atoms with Crippen LogP contribution in [-0.2, 0) is 0 Å². The molecule has 20 heavy (non-hydrogen) atoms. The highest BCUT2D eigenvalue weighted by Crippen LogP contribution is 2.32. The van der Waals surface area contributed by atoms with Gasteiger partial charge in [-0.2, -0.15) is 0 Å². The number of hydrogen-bond donors (Lipinski definition) is 2. The summed E-state index contributed by atoms with van der Waals surface area (Å²) in [6.07, 6.45) is 1.37. The van der Waals surface area contributed by atoms with E-state index in [1.54, 1.807) is 7.11 Å². The van der Waals surface area contributed by atoms with E-state index in [-0.39, 0.29) is 5.15 Å². The first-order chi connectivity index (χ1) is 9.67. The predicted octanol–water partition coefficient (Wildman–Crippen LogP) is 2.75. The number of imidazole rings is 1. The van der Waals surface area contributed by atoms with Crippen LogP contribution < -0.4 is 10.5 Å². The van der Waals surface area contributed by atoms with Crippen LogP contribution in [0.2, 0.25) is 5.15 Å². The summed E-state index contributed by atoms with van der Waals surface area (Å²) in [5.74, 6) is 0.766. The van der Waals surface area contributed by atoms with Crippen molar-refractivity contribution in [2.75, 3.05) is 12.8 Å². The second-order valence-corrected chi connectivity index (χ2v) is 5.25. The van der Waals surface area contributed by atoms with Gasteiger partial charge in [-0.3, -0.25) is 0 Å². The molecule has 0 amide bonds. The fourth-order valence-electron chi connectivity index (χ4n) is 1.67. The van der Waals surface area contributed by atoms with E-state index >= 15 is 0 Å². The third kappa shape index (κ3) is 2.37. The number of rotatable bonds is 3. The number of aromatic nitrogens is 4. The lowest BCUT2D eigenvalue weighted by Gasteiger charge is -2.01. The van der Waals surface area contributed by atoms with Crippen molar-refractivity contribution in [3.63, 3.8) is 0 Å². The number of methoxy groups -OCH3 is 1. The number of aromatic amines is 1. The van der Waals surface area contributed by atoms with Crippen LogP contribution >= 0.6 is 23.4 Å². The van der Waals surface area contributed by atoms with E-state index in [9.17, 15) is 0 Å². The van der Waals surface area contributed by atoms with Gasteiger partial charge in [-0.1, -0.05) is 11.6 Å². The molecular formula is C12H10ClN5OS. The van der Waals surface area contributed by atoms with Crippen molar-refractivity contribution < 1.29 is 4.74 Å². The number of nitrogens with two attached hydrogens (primary N) is 1. The molecule has 0 bridgehead atoms. The maximum absolute atomic E-state index is 5.86. The lowest BCUT2D eigenvalue weighted by Crippen LogP contribution is -1.95. The van der Waals surface area contributed by atoms with E-state index in [0.29, 0.717) is 15.9 Å². The minimum absolute atomic E-state index is 0.236. The molecule has 0 aliphatic rings. The smallest absolute Gasteiger partial charge is 0.172 e. The van der Waals surface area contributed by atoms with Crippen molar-refractivity contribution in [3.05, 3.63) is 29.7 Å². The summed E-state index contributed by atoms with van der Waals surface area (Å²) < 4.78 is 5.17. The Hall–Kier alpha value is -1.99. The summed E-state index contributed by atoms with van der Waals surface area (Å²) in [4.78, 5) is 15.5. The average Bonchev–Trinajstić information content (AvgIpc) is 2.85. The van der Waals surface area contributed by atoms with Crippen LogP contribution in [0.15, 0.2) is 34.7 Å². The van der Waals surface area contributed by atoms with Crippen LogP contribution in [0.25, 0.3) is 11.0 Å². The second kappa shape index (κ2) is 5.18. The second-order valence-electron chi connectivity index (χ2n) is 3.91. The van der Waals surface area contributed by atoms with Crippen LogP contribution in [0.1, 0.15) is 0 Å². The lowest BCUT2D eigenvalue weighted by atomic mass is 10.3. The normalized spacial score (nSPS) is 10.9. The van der Waals surface area contributed by atoms with E-state index in [2.05, 4.69) is 19.9 Å². The SMILES string of the molecule is COc1ccc2nc(Sc3ncnc(Cl)c3N)[nH]c2c1. The molecule has 0 fully saturated rings. The molecule has 0 saturated heterocycles. The molecule has 6 nitrogen and oxygen atoms in total. The van der Waals surface area contributed by atoms with E-state index in [1.807, 2.05) is 18.2 Å². The monoisotopic (exact) mass is 307 g/mol. The van der Waals surface area contributed by atoms with Gasteiger partial charge in [-0.15, -0.1) is 0 Å². The molecule has 0 aliphatic heterocycles. The van der Waals surface area contributed by atoms with Crippen molar-refractivity contribution in [2.45, 2.75) is 10.2 Å². The van der Waals surface area contributed by atoms with Crippen molar-refractivity contribution in [2.24, 2.45) is 0 Å². The van der Waals surface area contributed by atoms with Crippen LogP contribution in [-0.4, -0.2) is 27.0 Å². The molecule has 0 atom stereocenters. The third-order valence-electron chi connectivity index (χ3n) is 2.66. The van der Waals surface area contributed by atoms with Crippen molar-refractivity contribution >= 4 is 40.1 Å². The summed E-state index contributed by atoms with van der Waals surface area (Å²) >= 11 is 7.16. The quantitative estimate of drug-likeness (QED) is 0.723. The van der Waals surface area contributed by atoms with Gasteiger partial charge >= 0.3 is 0 Å². The zero-order valence-corrected chi connectivity index (χ0v) is 12.0.